The van der Waals surface area contributed by atoms with Crippen LogP contribution in [0.15, 0.2) is 60.7 Å². The zero-order valence-electron chi connectivity index (χ0n) is 17.4. The van der Waals surface area contributed by atoms with Crippen molar-refractivity contribution in [2.75, 3.05) is 40.2 Å². The summed E-state index contributed by atoms with van der Waals surface area (Å²) in [5.41, 5.74) is 5.09. The third kappa shape index (κ3) is 4.13. The van der Waals surface area contributed by atoms with Gasteiger partial charge in [-0.2, -0.15) is 0 Å². The molecule has 1 aliphatic carbocycles. The number of methoxy groups -OCH3 is 1. The summed E-state index contributed by atoms with van der Waals surface area (Å²) in [7, 11) is 10.1. The first-order valence-electron chi connectivity index (χ1n) is 9.30. The van der Waals surface area contributed by atoms with E-state index in [4.69, 9.17) is 4.74 Å². The molecule has 0 atom stereocenters. The van der Waals surface area contributed by atoms with Gasteiger partial charge in [0, 0.05) is 0 Å². The molecule has 150 valence electrons. The topological polar surface area (TPSA) is 15.5 Å². The molecule has 0 saturated heterocycles. The number of hydrogen-bond acceptors (Lipinski definition) is 2. The Labute approximate surface area is 188 Å². The molecule has 1 aliphatic heterocycles. The molecule has 0 N–H and O–H groups in total. The predicted octanol–water partition coefficient (Wildman–Crippen LogP) is 0.779. The summed E-state index contributed by atoms with van der Waals surface area (Å²) >= 11 is 0.269. The zero-order chi connectivity index (χ0) is 19.8. The molecule has 0 unspecified atom stereocenters. The van der Waals surface area contributed by atoms with Gasteiger partial charge in [0.25, 0.3) is 0 Å². The van der Waals surface area contributed by atoms with Crippen molar-refractivity contribution in [1.29, 1.82) is 0 Å². The fourth-order valence-electron chi connectivity index (χ4n) is 3.51. The van der Waals surface area contributed by atoms with Crippen molar-refractivity contribution in [3.05, 3.63) is 66.0 Å². The van der Waals surface area contributed by atoms with Crippen molar-refractivity contribution in [1.82, 2.24) is 4.58 Å². The van der Waals surface area contributed by atoms with Crippen LogP contribution in [0.5, 0.6) is 5.75 Å². The molecule has 2 aromatic rings. The molecule has 2 aliphatic rings. The molecule has 5 heteroatoms. The quantitative estimate of drug-likeness (QED) is 0.227. The van der Waals surface area contributed by atoms with Gasteiger partial charge in [-0.3, -0.25) is 0 Å². The Balaban J connectivity index is 0.00000240. The first-order chi connectivity index (χ1) is 13.5. The summed E-state index contributed by atoms with van der Waals surface area (Å²) < 4.78 is 10.5. The van der Waals surface area contributed by atoms with Gasteiger partial charge in [-0.15, -0.1) is 0 Å². The normalized spacial score (nSPS) is 10.7. The number of anilines is 1. The molecule has 0 radical (unpaired) electrons. The van der Waals surface area contributed by atoms with Gasteiger partial charge in [0.15, 0.2) is 0 Å². The molecule has 0 fully saturated rings. The smallest absolute Gasteiger partial charge is 1.00 e. The first-order valence-corrected chi connectivity index (χ1v) is 11.0. The fraction of sp³-hybridized carbons (Fsp3) is 0.208. The molecule has 0 saturated carbocycles. The largest absolute Gasteiger partial charge is 1.00 e. The van der Waals surface area contributed by atoms with Crippen molar-refractivity contribution in [2.24, 2.45) is 0 Å². The summed E-state index contributed by atoms with van der Waals surface area (Å²) in [4.78, 5) is 2.17. The van der Waals surface area contributed by atoms with E-state index >= 15 is 0 Å². The SMILES string of the molecule is COc1cccc(-c2c3ccc(=[N+](C)C)cc-3[se]c3cc(N(C)C)ccc23)c1.[Br-]. The second-order valence-corrected chi connectivity index (χ2v) is 9.63. The first kappa shape index (κ1) is 21.6. The minimum Gasteiger partial charge on any atom is -1.00 e. The van der Waals surface area contributed by atoms with E-state index < -0.39 is 0 Å². The van der Waals surface area contributed by atoms with Gasteiger partial charge in [0.2, 0.25) is 0 Å². The molecule has 1 heterocycles. The van der Waals surface area contributed by atoms with Crippen LogP contribution in [0, 0.1) is 0 Å². The van der Waals surface area contributed by atoms with Crippen LogP contribution in [0.3, 0.4) is 0 Å². The third-order valence-electron chi connectivity index (χ3n) is 5.08. The van der Waals surface area contributed by atoms with Crippen LogP contribution in [0.2, 0.25) is 0 Å². The van der Waals surface area contributed by atoms with Crippen molar-refractivity contribution in [3.8, 4) is 26.9 Å². The molecular formula is C24H25BrN2OSe. The molecule has 0 spiro atoms. The van der Waals surface area contributed by atoms with Crippen molar-refractivity contribution in [2.45, 2.75) is 0 Å². The van der Waals surface area contributed by atoms with Crippen LogP contribution >= 0.6 is 0 Å². The predicted molar refractivity (Wildman–Crippen MR) is 121 cm³/mol. The van der Waals surface area contributed by atoms with E-state index in [9.17, 15) is 0 Å². The summed E-state index contributed by atoms with van der Waals surface area (Å²) in [6.45, 7) is 0. The molecular weight excluding hydrogens is 491 g/mol. The Bertz CT molecular complexity index is 1210. The maximum atomic E-state index is 5.50. The Morgan fingerprint density at radius 2 is 1.72 bits per heavy atom. The number of benzene rings is 3. The van der Waals surface area contributed by atoms with Gasteiger partial charge < -0.3 is 17.0 Å². The molecule has 29 heavy (non-hydrogen) atoms. The summed E-state index contributed by atoms with van der Waals surface area (Å²) in [5.74, 6) is 0.888. The molecule has 0 amide bonds. The Hall–Kier alpha value is -2.07. The van der Waals surface area contributed by atoms with Crippen molar-refractivity contribution in [3.63, 3.8) is 0 Å². The number of halogens is 1. The van der Waals surface area contributed by atoms with Crippen LogP contribution in [-0.2, 0) is 0 Å². The van der Waals surface area contributed by atoms with E-state index in [1.807, 2.05) is 6.07 Å². The van der Waals surface area contributed by atoms with Crippen LogP contribution in [0.4, 0.5) is 5.69 Å². The summed E-state index contributed by atoms with van der Waals surface area (Å²) in [6.07, 6.45) is 0. The van der Waals surface area contributed by atoms with Crippen LogP contribution < -0.4 is 36.6 Å². The second kappa shape index (κ2) is 8.74. The maximum absolute atomic E-state index is 5.50. The number of ether oxygens (including phenoxy) is 1. The van der Waals surface area contributed by atoms with E-state index in [0.29, 0.717) is 0 Å². The number of fused-ring (bicyclic) bond motifs is 2. The van der Waals surface area contributed by atoms with E-state index in [-0.39, 0.29) is 31.5 Å². The number of nitrogens with zero attached hydrogens (tertiary/aromatic N) is 2. The van der Waals surface area contributed by atoms with E-state index in [0.717, 1.165) is 5.75 Å². The molecule has 3 nitrogen and oxygen atoms in total. The van der Waals surface area contributed by atoms with Crippen LogP contribution in [0.1, 0.15) is 0 Å². The molecule has 0 bridgehead atoms. The van der Waals surface area contributed by atoms with Gasteiger partial charge >= 0.3 is 172 Å². The zero-order valence-corrected chi connectivity index (χ0v) is 20.7. The standard InChI is InChI=1S/C24H25N2OSe.BrH/c1-25(2)17-9-11-20-22(14-17)28-23-15-18(26(3)4)10-12-21(23)24(20)16-7-6-8-19(13-16)27-5;/h6-15H,1-5H3;1H/q+1;/p-1. The Morgan fingerprint density at radius 3 is 2.41 bits per heavy atom. The Kier molecular flexibility index (Phi) is 6.52. The van der Waals surface area contributed by atoms with E-state index in [2.05, 4.69) is 92.3 Å². The Morgan fingerprint density at radius 1 is 0.931 bits per heavy atom. The third-order valence-corrected chi connectivity index (χ3v) is 7.42. The second-order valence-electron chi connectivity index (χ2n) is 7.36. The van der Waals surface area contributed by atoms with E-state index in [1.54, 1.807) is 7.11 Å². The average Bonchev–Trinajstić information content (AvgIpc) is 2.70. The average molecular weight is 516 g/mol. The minimum absolute atomic E-state index is 0. The minimum atomic E-state index is 0. The van der Waals surface area contributed by atoms with Gasteiger partial charge in [-0.25, -0.2) is 0 Å². The van der Waals surface area contributed by atoms with Gasteiger partial charge in [0.05, 0.1) is 0 Å². The number of rotatable bonds is 3. The summed E-state index contributed by atoms with van der Waals surface area (Å²) in [6, 6.07) is 22.1. The molecule has 0 aromatic heterocycles. The van der Waals surface area contributed by atoms with Gasteiger partial charge in [0.1, 0.15) is 0 Å². The molecule has 4 rings (SSSR count). The van der Waals surface area contributed by atoms with Gasteiger partial charge in [-0.05, 0) is 0 Å². The maximum Gasteiger partial charge on any atom is -1.00 e. The number of hydrogen-bond donors (Lipinski definition) is 0. The van der Waals surface area contributed by atoms with Crippen LogP contribution in [0.25, 0.3) is 30.8 Å². The van der Waals surface area contributed by atoms with Crippen molar-refractivity contribution >= 4 is 29.8 Å². The fourth-order valence-corrected chi connectivity index (χ4v) is 5.94. The molecule has 2 aromatic carbocycles. The summed E-state index contributed by atoms with van der Waals surface area (Å²) in [5, 5.41) is 2.58. The van der Waals surface area contributed by atoms with Gasteiger partial charge in [-0.1, -0.05) is 0 Å². The van der Waals surface area contributed by atoms with Crippen LogP contribution in [-0.4, -0.2) is 49.8 Å². The van der Waals surface area contributed by atoms with E-state index in [1.165, 1.54) is 41.8 Å². The monoisotopic (exact) mass is 516 g/mol. The van der Waals surface area contributed by atoms with Crippen molar-refractivity contribution < 1.29 is 21.7 Å².